The molecule has 1 aromatic carbocycles. The molecule has 21 heavy (non-hydrogen) atoms. The molecule has 0 bridgehead atoms. The third-order valence-electron chi connectivity index (χ3n) is 3.87. The van der Waals surface area contributed by atoms with Gasteiger partial charge in [-0.25, -0.2) is 4.79 Å². The highest BCUT2D eigenvalue weighted by Crippen LogP contribution is 2.31. The number of benzene rings is 1. The molecule has 0 saturated heterocycles. The van der Waals surface area contributed by atoms with Crippen molar-refractivity contribution in [1.82, 2.24) is 4.57 Å². The Kier molecular flexibility index (Phi) is 4.65. The Morgan fingerprint density at radius 2 is 2.10 bits per heavy atom. The minimum atomic E-state index is -0.905. The van der Waals surface area contributed by atoms with E-state index in [1.807, 2.05) is 20.0 Å². The fraction of sp³-hybridized carbons (Fsp3) is 0.438. The fourth-order valence-electron chi connectivity index (χ4n) is 2.98. The van der Waals surface area contributed by atoms with Gasteiger partial charge in [-0.15, -0.1) is 0 Å². The zero-order valence-electron chi connectivity index (χ0n) is 12.5. The lowest BCUT2D eigenvalue weighted by Crippen LogP contribution is -2.09. The van der Waals surface area contributed by atoms with Gasteiger partial charge in [0.2, 0.25) is 0 Å². The Bertz CT molecular complexity index is 674. The SMILES string of the molecule is Cc1c(C(=O)O)cc(C)c2c1c(CCCO)cn2CCN. The third kappa shape index (κ3) is 2.80. The van der Waals surface area contributed by atoms with Crippen molar-refractivity contribution in [2.24, 2.45) is 5.73 Å². The average molecular weight is 290 g/mol. The van der Waals surface area contributed by atoms with Crippen LogP contribution in [0.4, 0.5) is 0 Å². The molecule has 5 nitrogen and oxygen atoms in total. The number of aliphatic hydroxyl groups excluding tert-OH is 1. The van der Waals surface area contributed by atoms with Crippen LogP contribution in [0.2, 0.25) is 0 Å². The summed E-state index contributed by atoms with van der Waals surface area (Å²) in [5.41, 5.74) is 9.87. The zero-order valence-corrected chi connectivity index (χ0v) is 12.5. The summed E-state index contributed by atoms with van der Waals surface area (Å²) in [6.07, 6.45) is 3.43. The van der Waals surface area contributed by atoms with E-state index < -0.39 is 5.97 Å². The molecule has 114 valence electrons. The van der Waals surface area contributed by atoms with Crippen LogP contribution in [0.15, 0.2) is 12.3 Å². The number of nitrogens with two attached hydrogens (primary N) is 1. The molecule has 2 rings (SSSR count). The van der Waals surface area contributed by atoms with Crippen molar-refractivity contribution in [3.8, 4) is 0 Å². The van der Waals surface area contributed by atoms with Gasteiger partial charge in [-0.3, -0.25) is 0 Å². The Balaban J connectivity index is 2.74. The van der Waals surface area contributed by atoms with Gasteiger partial charge in [0.15, 0.2) is 0 Å². The molecule has 0 aliphatic heterocycles. The van der Waals surface area contributed by atoms with Gasteiger partial charge in [0.25, 0.3) is 0 Å². The first-order valence-corrected chi connectivity index (χ1v) is 7.17. The van der Waals surface area contributed by atoms with Crippen LogP contribution in [0.25, 0.3) is 10.9 Å². The number of fused-ring (bicyclic) bond motifs is 1. The highest BCUT2D eigenvalue weighted by molar-refractivity contribution is 5.99. The molecular formula is C16H22N2O3. The van der Waals surface area contributed by atoms with Gasteiger partial charge in [-0.05, 0) is 49.4 Å². The monoisotopic (exact) mass is 290 g/mol. The van der Waals surface area contributed by atoms with E-state index >= 15 is 0 Å². The highest BCUT2D eigenvalue weighted by Gasteiger charge is 2.18. The smallest absolute Gasteiger partial charge is 0.335 e. The van der Waals surface area contributed by atoms with E-state index in [1.165, 1.54) is 0 Å². The molecule has 0 fully saturated rings. The molecule has 5 heteroatoms. The van der Waals surface area contributed by atoms with Crippen LogP contribution in [0.3, 0.4) is 0 Å². The highest BCUT2D eigenvalue weighted by atomic mass is 16.4. The normalized spacial score (nSPS) is 11.2. The van der Waals surface area contributed by atoms with E-state index in [9.17, 15) is 9.90 Å². The molecule has 0 aliphatic rings. The lowest BCUT2D eigenvalue weighted by Gasteiger charge is -2.10. The number of aryl methyl sites for hydroxylation is 3. The van der Waals surface area contributed by atoms with E-state index in [0.29, 0.717) is 25.1 Å². The second kappa shape index (κ2) is 6.28. The van der Waals surface area contributed by atoms with Crippen LogP contribution in [0, 0.1) is 13.8 Å². The molecule has 0 unspecified atom stereocenters. The van der Waals surface area contributed by atoms with Crippen LogP contribution in [0.5, 0.6) is 0 Å². The molecule has 0 spiro atoms. The van der Waals surface area contributed by atoms with E-state index in [2.05, 4.69) is 4.57 Å². The van der Waals surface area contributed by atoms with Gasteiger partial charge in [0.05, 0.1) is 11.1 Å². The topological polar surface area (TPSA) is 88.5 Å². The number of carboxylic acid groups (broad SMARTS) is 1. The van der Waals surface area contributed by atoms with Crippen molar-refractivity contribution in [3.05, 3.63) is 34.5 Å². The predicted molar refractivity (Wildman–Crippen MR) is 82.8 cm³/mol. The molecule has 0 aliphatic carbocycles. The second-order valence-corrected chi connectivity index (χ2v) is 5.36. The third-order valence-corrected chi connectivity index (χ3v) is 3.87. The number of aliphatic hydroxyl groups is 1. The summed E-state index contributed by atoms with van der Waals surface area (Å²) in [6.45, 7) is 5.13. The Labute approximate surface area is 124 Å². The maximum atomic E-state index is 11.4. The molecule has 2 aromatic rings. The first kappa shape index (κ1) is 15.5. The van der Waals surface area contributed by atoms with Gasteiger partial charge in [0, 0.05) is 31.3 Å². The lowest BCUT2D eigenvalue weighted by molar-refractivity contribution is 0.0696. The fourth-order valence-corrected chi connectivity index (χ4v) is 2.98. The van der Waals surface area contributed by atoms with E-state index in [0.717, 1.165) is 34.0 Å². The van der Waals surface area contributed by atoms with Crippen molar-refractivity contribution < 1.29 is 15.0 Å². The van der Waals surface area contributed by atoms with Gasteiger partial charge in [-0.2, -0.15) is 0 Å². The van der Waals surface area contributed by atoms with E-state index in [4.69, 9.17) is 10.8 Å². The average Bonchev–Trinajstić information content (AvgIpc) is 2.80. The lowest BCUT2D eigenvalue weighted by atomic mass is 9.97. The number of carboxylic acids is 1. The maximum Gasteiger partial charge on any atom is 0.335 e. The number of rotatable bonds is 6. The Morgan fingerprint density at radius 1 is 1.38 bits per heavy atom. The van der Waals surface area contributed by atoms with Crippen molar-refractivity contribution in [3.63, 3.8) is 0 Å². The van der Waals surface area contributed by atoms with Crippen LogP contribution in [0.1, 0.15) is 33.5 Å². The van der Waals surface area contributed by atoms with Crippen LogP contribution in [-0.2, 0) is 13.0 Å². The van der Waals surface area contributed by atoms with Crippen molar-refractivity contribution >= 4 is 16.9 Å². The summed E-state index contributed by atoms with van der Waals surface area (Å²) >= 11 is 0. The number of carbonyl (C=O) groups is 1. The largest absolute Gasteiger partial charge is 0.478 e. The summed E-state index contributed by atoms with van der Waals surface area (Å²) in [7, 11) is 0. The molecule has 1 heterocycles. The first-order valence-electron chi connectivity index (χ1n) is 7.17. The molecule has 0 saturated carbocycles. The summed E-state index contributed by atoms with van der Waals surface area (Å²) in [4.78, 5) is 11.4. The van der Waals surface area contributed by atoms with Crippen molar-refractivity contribution in [2.45, 2.75) is 33.2 Å². The minimum absolute atomic E-state index is 0.125. The molecule has 1 aromatic heterocycles. The van der Waals surface area contributed by atoms with Crippen LogP contribution < -0.4 is 5.73 Å². The number of hydrogen-bond donors (Lipinski definition) is 3. The second-order valence-electron chi connectivity index (χ2n) is 5.36. The number of aromatic nitrogens is 1. The summed E-state index contributed by atoms with van der Waals surface area (Å²) in [5.74, 6) is -0.905. The predicted octanol–water partition coefficient (Wildman–Crippen LogP) is 1.84. The van der Waals surface area contributed by atoms with E-state index in [1.54, 1.807) is 6.07 Å². The molecule has 0 atom stereocenters. The van der Waals surface area contributed by atoms with Crippen molar-refractivity contribution in [2.75, 3.05) is 13.2 Å². The van der Waals surface area contributed by atoms with Crippen molar-refractivity contribution in [1.29, 1.82) is 0 Å². The Hall–Kier alpha value is -1.85. The summed E-state index contributed by atoms with van der Waals surface area (Å²) in [6, 6.07) is 1.73. The Morgan fingerprint density at radius 3 is 2.67 bits per heavy atom. The first-order chi connectivity index (χ1) is 10.0. The number of hydrogen-bond acceptors (Lipinski definition) is 3. The molecule has 4 N–H and O–H groups in total. The standard InChI is InChI=1S/C16H22N2O3/c1-10-8-13(16(20)21)11(2)14-12(4-3-7-19)9-18(6-5-17)15(10)14/h8-9,19H,3-7,17H2,1-2H3,(H,20,21). The van der Waals surface area contributed by atoms with Gasteiger partial charge in [0.1, 0.15) is 0 Å². The van der Waals surface area contributed by atoms with Gasteiger partial charge in [-0.1, -0.05) is 0 Å². The summed E-state index contributed by atoms with van der Waals surface area (Å²) in [5, 5.41) is 19.4. The summed E-state index contributed by atoms with van der Waals surface area (Å²) < 4.78 is 2.09. The van der Waals surface area contributed by atoms with Gasteiger partial charge < -0.3 is 20.5 Å². The maximum absolute atomic E-state index is 11.4. The quantitative estimate of drug-likeness (QED) is 0.757. The molecule has 0 amide bonds. The van der Waals surface area contributed by atoms with E-state index in [-0.39, 0.29) is 6.61 Å². The van der Waals surface area contributed by atoms with Crippen LogP contribution in [-0.4, -0.2) is 33.9 Å². The van der Waals surface area contributed by atoms with Crippen LogP contribution >= 0.6 is 0 Å². The zero-order chi connectivity index (χ0) is 15.6. The molecular weight excluding hydrogens is 268 g/mol. The minimum Gasteiger partial charge on any atom is -0.478 e. The number of nitrogens with zero attached hydrogens (tertiary/aromatic N) is 1. The molecule has 0 radical (unpaired) electrons. The number of aromatic carboxylic acids is 1. The van der Waals surface area contributed by atoms with Gasteiger partial charge >= 0.3 is 5.97 Å².